The van der Waals surface area contributed by atoms with Crippen molar-refractivity contribution in [3.8, 4) is 5.75 Å². The molecule has 0 saturated carbocycles. The monoisotopic (exact) mass is 219 g/mol. The van der Waals surface area contributed by atoms with Gasteiger partial charge in [-0.15, -0.1) is 0 Å². The summed E-state index contributed by atoms with van der Waals surface area (Å²) in [5.74, 6) is 1.07. The lowest BCUT2D eigenvalue weighted by molar-refractivity contribution is 0.314. The minimum atomic E-state index is 0.443. The molecule has 1 unspecified atom stereocenters. The van der Waals surface area contributed by atoms with Crippen molar-refractivity contribution >= 4 is 0 Å². The van der Waals surface area contributed by atoms with Crippen LogP contribution in [-0.2, 0) is 0 Å². The zero-order valence-electron chi connectivity index (χ0n) is 10.4. The molecule has 2 heteroatoms. The number of hydrogen-bond acceptors (Lipinski definition) is 2. The molecule has 1 atom stereocenters. The molecule has 0 amide bonds. The van der Waals surface area contributed by atoms with Crippen LogP contribution in [0.3, 0.4) is 0 Å². The van der Waals surface area contributed by atoms with Gasteiger partial charge >= 0.3 is 0 Å². The molecule has 1 heterocycles. The van der Waals surface area contributed by atoms with E-state index in [0.717, 1.165) is 25.2 Å². The summed E-state index contributed by atoms with van der Waals surface area (Å²) in [6, 6.07) is 7.48. The summed E-state index contributed by atoms with van der Waals surface area (Å²) >= 11 is 0. The first-order chi connectivity index (χ1) is 7.66. The first-order valence-electron chi connectivity index (χ1n) is 6.16. The predicted molar refractivity (Wildman–Crippen MR) is 66.9 cm³/mol. The fourth-order valence-electron chi connectivity index (χ4n) is 2.26. The highest BCUT2D eigenvalue weighted by Crippen LogP contribution is 2.32. The summed E-state index contributed by atoms with van der Waals surface area (Å²) in [4.78, 5) is 0. The summed E-state index contributed by atoms with van der Waals surface area (Å²) in [5.41, 5.74) is 2.58. The maximum absolute atomic E-state index is 5.80. The van der Waals surface area contributed by atoms with E-state index in [-0.39, 0.29) is 0 Å². The number of ether oxygens (including phenoxy) is 1. The van der Waals surface area contributed by atoms with Crippen molar-refractivity contribution in [2.24, 2.45) is 0 Å². The second-order valence-corrected chi connectivity index (χ2v) is 4.91. The maximum Gasteiger partial charge on any atom is 0.124 e. The minimum absolute atomic E-state index is 0.443. The van der Waals surface area contributed by atoms with Gasteiger partial charge in [-0.05, 0) is 31.4 Å². The predicted octanol–water partition coefficient (Wildman–Crippen LogP) is 3.21. The van der Waals surface area contributed by atoms with Crippen LogP contribution in [0.2, 0.25) is 0 Å². The Morgan fingerprint density at radius 2 is 2.19 bits per heavy atom. The van der Waals surface area contributed by atoms with Gasteiger partial charge in [0, 0.05) is 17.6 Å². The third-order valence-electron chi connectivity index (χ3n) is 2.97. The molecule has 0 bridgehead atoms. The first-order valence-corrected chi connectivity index (χ1v) is 6.16. The smallest absolute Gasteiger partial charge is 0.124 e. The molecule has 88 valence electrons. The van der Waals surface area contributed by atoms with E-state index < -0.39 is 0 Å². The lowest BCUT2D eigenvalue weighted by Crippen LogP contribution is -2.27. The van der Waals surface area contributed by atoms with Crippen molar-refractivity contribution in [3.63, 3.8) is 0 Å². The molecule has 0 aliphatic carbocycles. The summed E-state index contributed by atoms with van der Waals surface area (Å²) in [5, 5.41) is 3.62. The van der Waals surface area contributed by atoms with Gasteiger partial charge in [0.2, 0.25) is 0 Å². The second kappa shape index (κ2) is 4.88. The van der Waals surface area contributed by atoms with Crippen molar-refractivity contribution in [2.45, 2.75) is 45.7 Å². The molecule has 1 aromatic carbocycles. The molecule has 1 aromatic rings. The molecule has 0 fully saturated rings. The Labute approximate surface area is 98.0 Å². The van der Waals surface area contributed by atoms with Crippen LogP contribution >= 0.6 is 0 Å². The summed E-state index contributed by atoms with van der Waals surface area (Å²) in [7, 11) is 0. The highest BCUT2D eigenvalue weighted by atomic mass is 16.5. The first kappa shape index (κ1) is 11.5. The van der Waals surface area contributed by atoms with Crippen LogP contribution in [-0.4, -0.2) is 12.6 Å². The molecule has 0 spiro atoms. The molecule has 1 aliphatic heterocycles. The molecule has 0 radical (unpaired) electrons. The highest BCUT2D eigenvalue weighted by molar-refractivity contribution is 5.39. The molecular formula is C14H21NO. The van der Waals surface area contributed by atoms with E-state index >= 15 is 0 Å². The van der Waals surface area contributed by atoms with E-state index in [4.69, 9.17) is 4.74 Å². The zero-order valence-corrected chi connectivity index (χ0v) is 10.4. The van der Waals surface area contributed by atoms with Crippen molar-refractivity contribution in [1.29, 1.82) is 0 Å². The number of aryl methyl sites for hydroxylation is 1. The fraction of sp³-hybridized carbons (Fsp3) is 0.571. The average molecular weight is 219 g/mol. The molecule has 2 rings (SSSR count). The Morgan fingerprint density at radius 1 is 1.38 bits per heavy atom. The van der Waals surface area contributed by atoms with E-state index in [0.29, 0.717) is 12.1 Å². The van der Waals surface area contributed by atoms with Gasteiger partial charge in [-0.2, -0.15) is 0 Å². The normalized spacial score (nSPS) is 20.1. The minimum Gasteiger partial charge on any atom is -0.493 e. The van der Waals surface area contributed by atoms with E-state index in [1.807, 2.05) is 0 Å². The van der Waals surface area contributed by atoms with Crippen LogP contribution < -0.4 is 10.1 Å². The fourth-order valence-corrected chi connectivity index (χ4v) is 2.26. The Kier molecular flexibility index (Phi) is 3.49. The van der Waals surface area contributed by atoms with Gasteiger partial charge in [-0.1, -0.05) is 26.0 Å². The largest absolute Gasteiger partial charge is 0.493 e. The van der Waals surface area contributed by atoms with Crippen molar-refractivity contribution in [3.05, 3.63) is 29.3 Å². The van der Waals surface area contributed by atoms with E-state index in [9.17, 15) is 0 Å². The topological polar surface area (TPSA) is 21.3 Å². The molecule has 1 N–H and O–H groups in total. The summed E-state index contributed by atoms with van der Waals surface area (Å²) < 4.78 is 5.80. The quantitative estimate of drug-likeness (QED) is 0.824. The van der Waals surface area contributed by atoms with E-state index in [1.54, 1.807) is 0 Å². The number of rotatable bonds is 2. The van der Waals surface area contributed by atoms with Crippen LogP contribution in [0, 0.1) is 6.92 Å². The third-order valence-corrected chi connectivity index (χ3v) is 2.97. The van der Waals surface area contributed by atoms with Gasteiger partial charge in [0.1, 0.15) is 5.75 Å². The standard InChI is InChI=1S/C14H21NO/c1-10(2)15-13-5-4-8-16-14-9-11(3)6-7-12(13)14/h6-7,9-10,13,15H,4-5,8H2,1-3H3. The lowest BCUT2D eigenvalue weighted by Gasteiger charge is -2.21. The van der Waals surface area contributed by atoms with E-state index in [2.05, 4.69) is 44.3 Å². The molecule has 16 heavy (non-hydrogen) atoms. The van der Waals surface area contributed by atoms with Gasteiger partial charge in [-0.25, -0.2) is 0 Å². The van der Waals surface area contributed by atoms with Crippen LogP contribution in [0.15, 0.2) is 18.2 Å². The lowest BCUT2D eigenvalue weighted by atomic mass is 10.00. The average Bonchev–Trinajstić information content (AvgIpc) is 2.40. The number of benzene rings is 1. The summed E-state index contributed by atoms with van der Waals surface area (Å²) in [6.07, 6.45) is 2.28. The van der Waals surface area contributed by atoms with Crippen molar-refractivity contribution in [1.82, 2.24) is 5.32 Å². The van der Waals surface area contributed by atoms with Crippen LogP contribution in [0.1, 0.15) is 43.9 Å². The number of hydrogen-bond donors (Lipinski definition) is 1. The Morgan fingerprint density at radius 3 is 2.94 bits per heavy atom. The van der Waals surface area contributed by atoms with Gasteiger partial charge in [0.25, 0.3) is 0 Å². The van der Waals surface area contributed by atoms with Crippen molar-refractivity contribution < 1.29 is 4.74 Å². The Balaban J connectivity index is 2.29. The van der Waals surface area contributed by atoms with Crippen LogP contribution in [0.4, 0.5) is 0 Å². The van der Waals surface area contributed by atoms with Crippen molar-refractivity contribution in [2.75, 3.05) is 6.61 Å². The highest BCUT2D eigenvalue weighted by Gasteiger charge is 2.19. The van der Waals surface area contributed by atoms with E-state index in [1.165, 1.54) is 11.1 Å². The third kappa shape index (κ3) is 2.56. The van der Waals surface area contributed by atoms with Gasteiger partial charge in [0.15, 0.2) is 0 Å². The van der Waals surface area contributed by atoms with Gasteiger partial charge in [-0.3, -0.25) is 0 Å². The SMILES string of the molecule is Cc1ccc2c(c1)OCCCC2NC(C)C. The zero-order chi connectivity index (χ0) is 11.5. The number of fused-ring (bicyclic) bond motifs is 1. The maximum atomic E-state index is 5.80. The molecule has 1 aliphatic rings. The van der Waals surface area contributed by atoms with Crippen LogP contribution in [0.25, 0.3) is 0 Å². The Hall–Kier alpha value is -1.02. The van der Waals surface area contributed by atoms with Gasteiger partial charge < -0.3 is 10.1 Å². The van der Waals surface area contributed by atoms with Gasteiger partial charge in [0.05, 0.1) is 6.61 Å². The second-order valence-electron chi connectivity index (χ2n) is 4.91. The molecule has 0 saturated heterocycles. The summed E-state index contributed by atoms with van der Waals surface area (Å²) in [6.45, 7) is 7.34. The molecular weight excluding hydrogens is 198 g/mol. The molecule has 0 aromatic heterocycles. The molecule has 2 nitrogen and oxygen atoms in total. The number of nitrogens with one attached hydrogen (secondary N) is 1. The Bertz CT molecular complexity index is 360. The van der Waals surface area contributed by atoms with Crippen LogP contribution in [0.5, 0.6) is 5.75 Å².